The van der Waals surface area contributed by atoms with Crippen molar-refractivity contribution in [3.63, 3.8) is 0 Å². The van der Waals surface area contributed by atoms with Crippen LogP contribution in [0.2, 0.25) is 0 Å². The molecule has 0 atom stereocenters. The SMILES string of the molecule is COc1ccccc1N=C(O[P+](c1ccccc1)(c1ccccc1)c1ccccc1)C(F)(F)F. The van der Waals surface area contributed by atoms with Crippen LogP contribution in [0.3, 0.4) is 0 Å². The van der Waals surface area contributed by atoms with Gasteiger partial charge in [0.05, 0.1) is 7.11 Å². The summed E-state index contributed by atoms with van der Waals surface area (Å²) >= 11 is 0. The summed E-state index contributed by atoms with van der Waals surface area (Å²) in [7, 11) is -1.87. The van der Waals surface area contributed by atoms with Gasteiger partial charge in [-0.15, -0.1) is 0 Å². The minimum Gasteiger partial charge on any atom is -0.494 e. The van der Waals surface area contributed by atoms with E-state index in [1.54, 1.807) is 91.0 Å². The van der Waals surface area contributed by atoms with Crippen molar-refractivity contribution < 1.29 is 22.4 Å². The number of para-hydroxylation sites is 2. The van der Waals surface area contributed by atoms with Crippen molar-refractivity contribution in [1.29, 1.82) is 0 Å². The predicted molar refractivity (Wildman–Crippen MR) is 132 cm³/mol. The summed E-state index contributed by atoms with van der Waals surface area (Å²) in [6.45, 7) is 0. The van der Waals surface area contributed by atoms with Gasteiger partial charge >= 0.3 is 12.1 Å². The van der Waals surface area contributed by atoms with Gasteiger partial charge < -0.3 is 9.26 Å². The zero-order valence-electron chi connectivity index (χ0n) is 18.3. The van der Waals surface area contributed by atoms with E-state index in [9.17, 15) is 13.2 Å². The third-order valence-corrected chi connectivity index (χ3v) is 8.66. The van der Waals surface area contributed by atoms with Crippen molar-refractivity contribution >= 4 is 35.0 Å². The van der Waals surface area contributed by atoms with Crippen LogP contribution in [0.5, 0.6) is 5.75 Å². The quantitative estimate of drug-likeness (QED) is 0.187. The molecule has 4 aromatic carbocycles. The molecular formula is C27H22F3NO2P+. The van der Waals surface area contributed by atoms with Crippen molar-refractivity contribution in [2.75, 3.05) is 7.11 Å². The Hall–Kier alpha value is -3.63. The Bertz CT molecular complexity index is 1150. The first-order valence-corrected chi connectivity index (χ1v) is 12.2. The van der Waals surface area contributed by atoms with Gasteiger partial charge in [-0.3, -0.25) is 0 Å². The summed E-state index contributed by atoms with van der Waals surface area (Å²) in [5, 5.41) is 1.93. The van der Waals surface area contributed by atoms with Gasteiger partial charge in [0.15, 0.2) is 0 Å². The maximum atomic E-state index is 14.4. The Labute approximate surface area is 196 Å². The van der Waals surface area contributed by atoms with E-state index in [0.29, 0.717) is 15.9 Å². The molecule has 0 radical (unpaired) electrons. The molecule has 4 rings (SSSR count). The highest BCUT2D eigenvalue weighted by Crippen LogP contribution is 2.58. The van der Waals surface area contributed by atoms with Gasteiger partial charge in [0.2, 0.25) is 0 Å². The predicted octanol–water partition coefficient (Wildman–Crippen LogP) is 6.21. The topological polar surface area (TPSA) is 30.8 Å². The first-order chi connectivity index (χ1) is 16.4. The van der Waals surface area contributed by atoms with Gasteiger partial charge in [-0.1, -0.05) is 66.7 Å². The average molecular weight is 480 g/mol. The normalized spacial score (nSPS) is 12.3. The van der Waals surface area contributed by atoms with E-state index in [-0.39, 0.29) is 11.4 Å². The zero-order chi connectivity index (χ0) is 24.0. The molecule has 0 saturated carbocycles. The number of alkyl halides is 3. The molecule has 0 bridgehead atoms. The van der Waals surface area contributed by atoms with Gasteiger partial charge in [0, 0.05) is 0 Å². The van der Waals surface area contributed by atoms with Crippen LogP contribution in [-0.2, 0) is 4.52 Å². The molecule has 7 heteroatoms. The number of nitrogens with zero attached hydrogens (tertiary/aromatic N) is 1. The Morgan fingerprint density at radius 2 is 1.06 bits per heavy atom. The molecule has 0 heterocycles. The van der Waals surface area contributed by atoms with Crippen LogP contribution >= 0.6 is 7.49 Å². The fourth-order valence-electron chi connectivity index (χ4n) is 3.62. The summed E-state index contributed by atoms with van der Waals surface area (Å²) < 4.78 is 54.7. The van der Waals surface area contributed by atoms with Crippen LogP contribution in [0.15, 0.2) is 120 Å². The standard InChI is InChI=1S/C27H22F3NO2P/c1-32-25-20-12-11-19-24(25)31-26(27(28,29)30)33-34(21-13-5-2-6-14-21,22-15-7-3-8-16-22)23-17-9-4-10-18-23/h2-20H,1H3/q+1. The average Bonchev–Trinajstić information content (AvgIpc) is 2.88. The van der Waals surface area contributed by atoms with E-state index in [2.05, 4.69) is 4.99 Å². The Morgan fingerprint density at radius 3 is 1.47 bits per heavy atom. The molecule has 4 aromatic rings. The third kappa shape index (κ3) is 4.82. The monoisotopic (exact) mass is 480 g/mol. The second kappa shape index (κ2) is 10.1. The van der Waals surface area contributed by atoms with Crippen molar-refractivity contribution in [2.24, 2.45) is 4.99 Å². The van der Waals surface area contributed by atoms with E-state index >= 15 is 0 Å². The Balaban J connectivity index is 2.01. The third-order valence-electron chi connectivity index (χ3n) is 5.13. The number of rotatable bonds is 6. The van der Waals surface area contributed by atoms with E-state index in [1.165, 1.54) is 13.2 Å². The van der Waals surface area contributed by atoms with Crippen molar-refractivity contribution in [3.05, 3.63) is 115 Å². The van der Waals surface area contributed by atoms with E-state index in [1.807, 2.05) is 18.2 Å². The molecule has 3 nitrogen and oxygen atoms in total. The van der Waals surface area contributed by atoms with Gasteiger partial charge in [-0.25, -0.2) is 4.99 Å². The minimum absolute atomic E-state index is 0.0320. The van der Waals surface area contributed by atoms with Crippen LogP contribution in [-0.4, -0.2) is 19.2 Å². The lowest BCUT2D eigenvalue weighted by molar-refractivity contribution is -0.0703. The largest absolute Gasteiger partial charge is 0.494 e. The van der Waals surface area contributed by atoms with E-state index in [4.69, 9.17) is 9.26 Å². The second-order valence-corrected chi connectivity index (χ2v) is 10.2. The minimum atomic E-state index is -4.84. The summed E-state index contributed by atoms with van der Waals surface area (Å²) in [6, 6.07) is 33.3. The number of halogens is 3. The van der Waals surface area contributed by atoms with Crippen molar-refractivity contribution in [2.45, 2.75) is 6.18 Å². The molecule has 34 heavy (non-hydrogen) atoms. The molecule has 0 N–H and O–H groups in total. The highest BCUT2D eigenvalue weighted by molar-refractivity contribution is 7.92. The number of benzene rings is 4. The van der Waals surface area contributed by atoms with Crippen molar-refractivity contribution in [1.82, 2.24) is 0 Å². The lowest BCUT2D eigenvalue weighted by Crippen LogP contribution is -2.38. The van der Waals surface area contributed by atoms with Gasteiger partial charge in [0.1, 0.15) is 27.4 Å². The number of ether oxygens (including phenoxy) is 1. The smallest absolute Gasteiger partial charge is 0.473 e. The molecule has 0 aliphatic heterocycles. The molecule has 0 aliphatic carbocycles. The van der Waals surface area contributed by atoms with Crippen LogP contribution < -0.4 is 20.7 Å². The first-order valence-electron chi connectivity index (χ1n) is 10.5. The van der Waals surface area contributed by atoms with Gasteiger partial charge in [0.25, 0.3) is 7.49 Å². The van der Waals surface area contributed by atoms with Crippen LogP contribution in [0.1, 0.15) is 0 Å². The summed E-state index contributed by atoms with van der Waals surface area (Å²) in [5.74, 6) is -1.11. The van der Waals surface area contributed by atoms with Crippen LogP contribution in [0, 0.1) is 0 Å². The number of hydrogen-bond acceptors (Lipinski definition) is 3. The molecule has 172 valence electrons. The lowest BCUT2D eigenvalue weighted by Gasteiger charge is -2.27. The maximum absolute atomic E-state index is 14.4. The Morgan fingerprint density at radius 1 is 0.647 bits per heavy atom. The molecular weight excluding hydrogens is 458 g/mol. The zero-order valence-corrected chi connectivity index (χ0v) is 19.2. The molecule has 0 saturated heterocycles. The fraction of sp³-hybridized carbons (Fsp3) is 0.0741. The number of aliphatic imine (C=N–C) groups is 1. The maximum Gasteiger partial charge on any atom is 0.473 e. The molecule has 0 spiro atoms. The summed E-state index contributed by atoms with van der Waals surface area (Å²) in [6.07, 6.45) is -4.84. The molecule has 0 aliphatic rings. The van der Waals surface area contributed by atoms with Crippen LogP contribution in [0.25, 0.3) is 0 Å². The summed E-state index contributed by atoms with van der Waals surface area (Å²) in [5.41, 5.74) is 0.0320. The van der Waals surface area contributed by atoms with Gasteiger partial charge in [-0.2, -0.15) is 13.2 Å². The molecule has 0 aromatic heterocycles. The lowest BCUT2D eigenvalue weighted by atomic mass is 10.3. The Kier molecular flexibility index (Phi) is 6.99. The highest BCUT2D eigenvalue weighted by atomic mass is 31.2. The first kappa shape index (κ1) is 23.5. The molecule has 0 fully saturated rings. The second-order valence-electron chi connectivity index (χ2n) is 7.29. The van der Waals surface area contributed by atoms with E-state index < -0.39 is 19.6 Å². The van der Waals surface area contributed by atoms with Gasteiger partial charge in [-0.05, 0) is 48.5 Å². The molecule has 0 amide bonds. The fourth-order valence-corrected chi connectivity index (χ4v) is 7.01. The highest BCUT2D eigenvalue weighted by Gasteiger charge is 2.55. The molecule has 0 unspecified atom stereocenters. The van der Waals surface area contributed by atoms with Crippen LogP contribution in [0.4, 0.5) is 18.9 Å². The number of methoxy groups -OCH3 is 1. The number of hydrogen-bond donors (Lipinski definition) is 0. The summed E-state index contributed by atoms with van der Waals surface area (Å²) in [4.78, 5) is 3.93. The van der Waals surface area contributed by atoms with E-state index in [0.717, 1.165) is 0 Å². The van der Waals surface area contributed by atoms with Crippen molar-refractivity contribution in [3.8, 4) is 5.75 Å².